The molecule has 9 aromatic rings. The molecular formula is C48H38. The van der Waals surface area contributed by atoms with Crippen molar-refractivity contribution in [2.75, 3.05) is 0 Å². The van der Waals surface area contributed by atoms with Gasteiger partial charge in [0.25, 0.3) is 0 Å². The topological polar surface area (TPSA) is 0 Å². The van der Waals surface area contributed by atoms with E-state index < -0.39 is 0 Å². The molecule has 0 aliphatic heterocycles. The second-order valence-electron chi connectivity index (χ2n) is 12.5. The van der Waals surface area contributed by atoms with Gasteiger partial charge < -0.3 is 0 Å². The van der Waals surface area contributed by atoms with Crippen LogP contribution in [0.3, 0.4) is 0 Å². The van der Waals surface area contributed by atoms with Gasteiger partial charge in [-0.15, -0.1) is 0 Å². The van der Waals surface area contributed by atoms with Crippen LogP contribution in [0.15, 0.2) is 158 Å². The van der Waals surface area contributed by atoms with Crippen molar-refractivity contribution in [3.05, 3.63) is 179 Å². The Kier molecular flexibility index (Phi) is 7.50. The van der Waals surface area contributed by atoms with Crippen LogP contribution >= 0.6 is 0 Å². The van der Waals surface area contributed by atoms with Crippen molar-refractivity contribution in [2.24, 2.45) is 0 Å². The van der Waals surface area contributed by atoms with E-state index in [4.69, 9.17) is 0 Å². The number of benzene rings is 9. The molecule has 9 rings (SSSR count). The molecule has 0 radical (unpaired) electrons. The summed E-state index contributed by atoms with van der Waals surface area (Å²) in [5.41, 5.74) is 5.07. The monoisotopic (exact) mass is 614 g/mol. The molecule has 0 N–H and O–H groups in total. The Bertz CT molecular complexity index is 2550. The third kappa shape index (κ3) is 4.68. The fourth-order valence-corrected chi connectivity index (χ4v) is 7.73. The average molecular weight is 615 g/mol. The Hall–Kier alpha value is -5.72. The van der Waals surface area contributed by atoms with E-state index in [2.05, 4.69) is 172 Å². The molecule has 0 aromatic heterocycles. The molecule has 0 aliphatic carbocycles. The standard InChI is InChI=1S/C46H32.C2H6/c1-29(31-23-25-43-39-19-7-5-15-35(39)37-17-9-11-21-41(37)45(43)27-31)33-13-3-4-14-34(33)30(2)32-24-26-44-40-20-8-6-16-36(40)38-18-10-12-22-42(38)46(44)28-32;1-2/h3-28H,1-2H3;1-2H3/b33-29+,34-30+;. The van der Waals surface area contributed by atoms with Gasteiger partial charge in [-0.05, 0) is 123 Å². The zero-order chi connectivity index (χ0) is 32.8. The molecule has 0 aliphatic rings. The van der Waals surface area contributed by atoms with Crippen molar-refractivity contribution in [2.45, 2.75) is 27.7 Å². The van der Waals surface area contributed by atoms with Crippen LogP contribution in [0.1, 0.15) is 38.8 Å². The highest BCUT2D eigenvalue weighted by Crippen LogP contribution is 2.37. The Morgan fingerprint density at radius 1 is 0.271 bits per heavy atom. The number of hydrogen-bond acceptors (Lipinski definition) is 0. The quantitative estimate of drug-likeness (QED) is 0.170. The predicted octanol–water partition coefficient (Wildman–Crippen LogP) is 12.1. The highest BCUT2D eigenvalue weighted by Gasteiger charge is 2.12. The van der Waals surface area contributed by atoms with E-state index in [0.29, 0.717) is 0 Å². The summed E-state index contributed by atoms with van der Waals surface area (Å²) >= 11 is 0. The first-order chi connectivity index (χ1) is 23.7. The lowest BCUT2D eigenvalue weighted by Crippen LogP contribution is -2.28. The summed E-state index contributed by atoms with van der Waals surface area (Å²) in [7, 11) is 0. The van der Waals surface area contributed by atoms with E-state index in [1.54, 1.807) is 0 Å². The lowest BCUT2D eigenvalue weighted by molar-refractivity contribution is 1.41. The second kappa shape index (κ2) is 12.1. The molecule has 0 bridgehead atoms. The summed E-state index contributed by atoms with van der Waals surface area (Å²) < 4.78 is 0. The van der Waals surface area contributed by atoms with Gasteiger partial charge in [-0.25, -0.2) is 0 Å². The molecule has 48 heavy (non-hydrogen) atoms. The van der Waals surface area contributed by atoms with Crippen LogP contribution in [0, 0.1) is 0 Å². The van der Waals surface area contributed by atoms with Crippen molar-refractivity contribution in [1.29, 1.82) is 0 Å². The van der Waals surface area contributed by atoms with E-state index in [9.17, 15) is 0 Å². The van der Waals surface area contributed by atoms with Crippen LogP contribution in [0.4, 0.5) is 0 Å². The van der Waals surface area contributed by atoms with Gasteiger partial charge in [0.1, 0.15) is 0 Å². The Morgan fingerprint density at radius 2 is 0.500 bits per heavy atom. The Labute approximate surface area is 281 Å². The molecule has 0 heterocycles. The second-order valence-corrected chi connectivity index (χ2v) is 12.5. The van der Waals surface area contributed by atoms with Gasteiger partial charge >= 0.3 is 0 Å². The lowest BCUT2D eigenvalue weighted by atomic mass is 9.91. The van der Waals surface area contributed by atoms with Gasteiger partial charge in [0.05, 0.1) is 0 Å². The fourth-order valence-electron chi connectivity index (χ4n) is 7.73. The molecule has 0 amide bonds. The third-order valence-corrected chi connectivity index (χ3v) is 10.1. The summed E-state index contributed by atoms with van der Waals surface area (Å²) in [6, 6.07) is 58.2. The average Bonchev–Trinajstić information content (AvgIpc) is 3.18. The smallest absolute Gasteiger partial charge is 0.00929 e. The largest absolute Gasteiger partial charge is 0.0683 e. The summed E-state index contributed by atoms with van der Waals surface area (Å²) in [4.78, 5) is 0. The minimum absolute atomic E-state index is 1.25. The predicted molar refractivity (Wildman–Crippen MR) is 211 cm³/mol. The van der Waals surface area contributed by atoms with Crippen LogP contribution in [0.5, 0.6) is 0 Å². The van der Waals surface area contributed by atoms with Gasteiger partial charge in [0, 0.05) is 0 Å². The van der Waals surface area contributed by atoms with Gasteiger partial charge in [0.2, 0.25) is 0 Å². The fraction of sp³-hybridized carbons (Fsp3) is 0.0833. The molecule has 230 valence electrons. The van der Waals surface area contributed by atoms with Gasteiger partial charge in [-0.3, -0.25) is 0 Å². The summed E-state index contributed by atoms with van der Waals surface area (Å²) in [6.07, 6.45) is 0. The van der Waals surface area contributed by atoms with Crippen LogP contribution in [0.25, 0.3) is 75.8 Å². The molecule has 0 fully saturated rings. The maximum absolute atomic E-state index is 2.40. The zero-order valence-corrected chi connectivity index (χ0v) is 28.0. The van der Waals surface area contributed by atoms with Crippen LogP contribution in [-0.4, -0.2) is 0 Å². The van der Waals surface area contributed by atoms with Gasteiger partial charge in [-0.2, -0.15) is 0 Å². The first-order valence-corrected chi connectivity index (χ1v) is 17.1. The van der Waals surface area contributed by atoms with E-state index in [0.717, 1.165) is 0 Å². The van der Waals surface area contributed by atoms with Crippen molar-refractivity contribution >= 4 is 75.8 Å². The maximum Gasteiger partial charge on any atom is -0.00929 e. The van der Waals surface area contributed by atoms with Crippen molar-refractivity contribution in [3.63, 3.8) is 0 Å². The lowest BCUT2D eigenvalue weighted by Gasteiger charge is -2.13. The SMILES string of the molecule is C/C(c1ccc2c3ccccc3c3ccccc3c2c1)=c1/cccc/c1=C(/C)c1ccc2c3ccccc3c3ccccc3c2c1.CC. The third-order valence-electron chi connectivity index (χ3n) is 10.1. The Morgan fingerprint density at radius 3 is 0.792 bits per heavy atom. The van der Waals surface area contributed by atoms with Crippen molar-refractivity contribution < 1.29 is 0 Å². The van der Waals surface area contributed by atoms with Gasteiger partial charge in [0.15, 0.2) is 0 Å². The number of fused-ring (bicyclic) bond motifs is 12. The number of rotatable bonds is 2. The molecular weight excluding hydrogens is 577 g/mol. The Balaban J connectivity index is 0.00000165. The minimum atomic E-state index is 1.25. The van der Waals surface area contributed by atoms with Crippen molar-refractivity contribution in [1.82, 2.24) is 0 Å². The first-order valence-electron chi connectivity index (χ1n) is 17.1. The molecule has 9 aromatic carbocycles. The van der Waals surface area contributed by atoms with Crippen LogP contribution in [-0.2, 0) is 0 Å². The molecule has 0 saturated carbocycles. The first kappa shape index (κ1) is 29.7. The molecule has 0 spiro atoms. The van der Waals surface area contributed by atoms with Crippen molar-refractivity contribution in [3.8, 4) is 0 Å². The van der Waals surface area contributed by atoms with E-state index in [1.165, 1.54) is 97.3 Å². The molecule has 0 saturated heterocycles. The summed E-state index contributed by atoms with van der Waals surface area (Å²) in [5.74, 6) is 0. The zero-order valence-electron chi connectivity index (χ0n) is 28.0. The molecule has 0 nitrogen and oxygen atoms in total. The van der Waals surface area contributed by atoms with Gasteiger partial charge in [-0.1, -0.05) is 159 Å². The minimum Gasteiger partial charge on any atom is -0.0683 e. The highest BCUT2D eigenvalue weighted by molar-refractivity contribution is 6.26. The van der Waals surface area contributed by atoms with Crippen LogP contribution < -0.4 is 10.4 Å². The molecule has 0 heteroatoms. The summed E-state index contributed by atoms with van der Waals surface area (Å²) in [6.45, 7) is 8.55. The number of hydrogen-bond donors (Lipinski definition) is 0. The van der Waals surface area contributed by atoms with Crippen LogP contribution in [0.2, 0.25) is 0 Å². The van der Waals surface area contributed by atoms with E-state index >= 15 is 0 Å². The normalized spacial score (nSPS) is 12.8. The van der Waals surface area contributed by atoms with E-state index in [-0.39, 0.29) is 0 Å². The summed E-state index contributed by atoms with van der Waals surface area (Å²) in [5, 5.41) is 18.2. The molecule has 0 unspecified atom stereocenters. The maximum atomic E-state index is 2.40. The van der Waals surface area contributed by atoms with E-state index in [1.807, 2.05) is 13.8 Å². The highest BCUT2D eigenvalue weighted by atomic mass is 14.2. The molecule has 0 atom stereocenters.